The third kappa shape index (κ3) is 3.69. The van der Waals surface area contributed by atoms with Gasteiger partial charge in [0.05, 0.1) is 11.6 Å². The maximum Gasteiger partial charge on any atom is 0.321 e. The van der Waals surface area contributed by atoms with Crippen molar-refractivity contribution < 1.29 is 4.79 Å². The maximum absolute atomic E-state index is 12.3. The fraction of sp³-hybridized carbons (Fsp3) is 0.467. The first-order valence-corrected chi connectivity index (χ1v) is 8.09. The van der Waals surface area contributed by atoms with Gasteiger partial charge in [-0.05, 0) is 38.6 Å². The topological polar surface area (TPSA) is 59.4 Å². The van der Waals surface area contributed by atoms with E-state index in [9.17, 15) is 4.79 Å². The molecule has 112 valence electrons. The molecule has 0 bridgehead atoms. The Kier molecular flexibility index (Phi) is 5.10. The van der Waals surface area contributed by atoms with Gasteiger partial charge >= 0.3 is 6.03 Å². The Bertz CT molecular complexity index is 555. The number of carbonyl (C=O) groups excluding carboxylic acids is 1. The number of carbonyl (C=O) groups is 1. The summed E-state index contributed by atoms with van der Waals surface area (Å²) in [7, 11) is 4.09. The van der Waals surface area contributed by atoms with Gasteiger partial charge in [-0.15, -0.1) is 0 Å². The molecule has 6 heteroatoms. The Morgan fingerprint density at radius 3 is 2.81 bits per heavy atom. The lowest BCUT2D eigenvalue weighted by atomic mass is 10.2. The van der Waals surface area contributed by atoms with Crippen molar-refractivity contribution in [1.82, 2.24) is 9.80 Å². The molecular formula is C15H20N4OS. The average Bonchev–Trinajstić information content (AvgIpc) is 2.92. The second-order valence-corrected chi connectivity index (χ2v) is 6.41. The number of amides is 2. The van der Waals surface area contributed by atoms with Crippen LogP contribution in [0.4, 0.5) is 10.5 Å². The highest BCUT2D eigenvalue weighted by Crippen LogP contribution is 2.24. The second kappa shape index (κ2) is 6.83. The third-order valence-electron chi connectivity index (χ3n) is 3.73. The minimum absolute atomic E-state index is 0.103. The van der Waals surface area contributed by atoms with Gasteiger partial charge in [0.15, 0.2) is 0 Å². The highest BCUT2D eigenvalue weighted by atomic mass is 32.2. The number of likely N-dealkylation sites (tertiary alicyclic amines) is 1. The quantitative estimate of drug-likeness (QED) is 0.928. The van der Waals surface area contributed by atoms with E-state index in [1.807, 2.05) is 19.0 Å². The van der Waals surface area contributed by atoms with Crippen LogP contribution in [0.15, 0.2) is 24.3 Å². The Morgan fingerprint density at radius 1 is 1.48 bits per heavy atom. The number of anilines is 1. The molecule has 1 saturated heterocycles. The van der Waals surface area contributed by atoms with Gasteiger partial charge in [0.2, 0.25) is 0 Å². The molecule has 0 aromatic heterocycles. The summed E-state index contributed by atoms with van der Waals surface area (Å²) >= 11 is 1.80. The highest BCUT2D eigenvalue weighted by Gasteiger charge is 2.35. The Hall–Kier alpha value is -1.71. The van der Waals surface area contributed by atoms with Crippen molar-refractivity contribution in [1.29, 1.82) is 5.26 Å². The normalized spacial score (nSPS) is 21.4. The second-order valence-electron chi connectivity index (χ2n) is 5.33. The number of likely N-dealkylation sites (N-methyl/N-ethyl adjacent to an activating group) is 1. The summed E-state index contributed by atoms with van der Waals surface area (Å²) in [6, 6.07) is 9.31. The number of hydrogen-bond acceptors (Lipinski definition) is 4. The molecule has 1 aromatic carbocycles. The standard InChI is InChI=1S/C15H20N4OS/c1-18(2)13-9-19(10-14(13)21-3)15(20)17-12-6-4-5-11(7-12)8-16/h4-7,13-14H,9-10H2,1-3H3,(H,17,20)/t13-,14-/m1/s1. The number of nitrogens with one attached hydrogen (secondary N) is 1. The van der Waals surface area contributed by atoms with Crippen molar-refractivity contribution in [3.8, 4) is 6.07 Å². The smallest absolute Gasteiger partial charge is 0.321 e. The van der Waals surface area contributed by atoms with Crippen LogP contribution in [0.2, 0.25) is 0 Å². The summed E-state index contributed by atoms with van der Waals surface area (Å²) in [5.74, 6) is 0. The van der Waals surface area contributed by atoms with E-state index >= 15 is 0 Å². The highest BCUT2D eigenvalue weighted by molar-refractivity contribution is 7.99. The van der Waals surface area contributed by atoms with Gasteiger partial charge in [-0.1, -0.05) is 6.07 Å². The van der Waals surface area contributed by atoms with Crippen LogP contribution in [0.1, 0.15) is 5.56 Å². The molecule has 2 rings (SSSR count). The summed E-state index contributed by atoms with van der Waals surface area (Å²) in [6.07, 6.45) is 2.08. The largest absolute Gasteiger partial charge is 0.322 e. The van der Waals surface area contributed by atoms with Gasteiger partial charge in [-0.25, -0.2) is 4.79 Å². The molecule has 0 saturated carbocycles. The van der Waals surface area contributed by atoms with Crippen molar-refractivity contribution >= 4 is 23.5 Å². The monoisotopic (exact) mass is 304 g/mol. The lowest BCUT2D eigenvalue weighted by Gasteiger charge is -2.23. The lowest BCUT2D eigenvalue weighted by molar-refractivity contribution is 0.216. The van der Waals surface area contributed by atoms with Gasteiger partial charge in [0, 0.05) is 30.1 Å². The van der Waals surface area contributed by atoms with Crippen molar-refractivity contribution in [2.45, 2.75) is 11.3 Å². The van der Waals surface area contributed by atoms with Crippen molar-refractivity contribution in [2.75, 3.05) is 38.8 Å². The number of nitrogens with zero attached hydrogens (tertiary/aromatic N) is 3. The number of benzene rings is 1. The summed E-state index contributed by atoms with van der Waals surface area (Å²) in [6.45, 7) is 1.47. The summed E-state index contributed by atoms with van der Waals surface area (Å²) in [5, 5.41) is 12.2. The van der Waals surface area contributed by atoms with E-state index in [1.54, 1.807) is 36.0 Å². The number of rotatable bonds is 3. The van der Waals surface area contributed by atoms with Crippen LogP contribution in [-0.4, -0.2) is 60.6 Å². The first-order chi connectivity index (χ1) is 10.0. The van der Waals surface area contributed by atoms with E-state index in [-0.39, 0.29) is 6.03 Å². The lowest BCUT2D eigenvalue weighted by Crippen LogP contribution is -2.38. The number of nitriles is 1. The van der Waals surface area contributed by atoms with Crippen LogP contribution >= 0.6 is 11.8 Å². The van der Waals surface area contributed by atoms with E-state index in [4.69, 9.17) is 5.26 Å². The summed E-state index contributed by atoms with van der Waals surface area (Å²) < 4.78 is 0. The molecule has 0 radical (unpaired) electrons. The Labute approximate surface area is 129 Å². The molecule has 1 aliphatic rings. The van der Waals surface area contributed by atoms with E-state index in [1.165, 1.54) is 0 Å². The van der Waals surface area contributed by atoms with Crippen LogP contribution in [0.3, 0.4) is 0 Å². The van der Waals surface area contributed by atoms with Crippen LogP contribution in [0, 0.1) is 11.3 Å². The van der Waals surface area contributed by atoms with Crippen molar-refractivity contribution in [2.24, 2.45) is 0 Å². The maximum atomic E-state index is 12.3. The summed E-state index contributed by atoms with van der Waals surface area (Å²) in [5.41, 5.74) is 1.20. The molecule has 1 aliphatic heterocycles. The zero-order chi connectivity index (χ0) is 15.4. The van der Waals surface area contributed by atoms with Crippen LogP contribution in [0.25, 0.3) is 0 Å². The van der Waals surface area contributed by atoms with E-state index in [0.717, 1.165) is 13.1 Å². The molecule has 0 spiro atoms. The minimum atomic E-state index is -0.103. The fourth-order valence-corrected chi connectivity index (χ4v) is 3.49. The molecule has 1 fully saturated rings. The van der Waals surface area contributed by atoms with Gasteiger partial charge in [0.1, 0.15) is 0 Å². The predicted octanol–water partition coefficient (Wildman–Crippen LogP) is 2.07. The molecule has 1 N–H and O–H groups in total. The van der Waals surface area contributed by atoms with Gasteiger partial charge in [-0.3, -0.25) is 0 Å². The first kappa shape index (κ1) is 15.7. The van der Waals surface area contributed by atoms with E-state index in [2.05, 4.69) is 22.5 Å². The predicted molar refractivity (Wildman–Crippen MR) is 86.5 cm³/mol. The fourth-order valence-electron chi connectivity index (χ4n) is 2.52. The molecule has 0 unspecified atom stereocenters. The number of hydrogen-bond donors (Lipinski definition) is 1. The number of urea groups is 1. The zero-order valence-electron chi connectivity index (χ0n) is 12.5. The zero-order valence-corrected chi connectivity index (χ0v) is 13.4. The van der Waals surface area contributed by atoms with Crippen molar-refractivity contribution in [3.63, 3.8) is 0 Å². The SMILES string of the molecule is CS[C@@H]1CN(C(=O)Nc2cccc(C#N)c2)C[C@H]1N(C)C. The average molecular weight is 304 g/mol. The number of thioether (sulfide) groups is 1. The molecule has 1 aromatic rings. The molecule has 2 atom stereocenters. The Balaban J connectivity index is 2.02. The third-order valence-corrected chi connectivity index (χ3v) is 4.80. The first-order valence-electron chi connectivity index (χ1n) is 6.80. The minimum Gasteiger partial charge on any atom is -0.322 e. The van der Waals surface area contributed by atoms with E-state index in [0.29, 0.717) is 22.5 Å². The van der Waals surface area contributed by atoms with Crippen molar-refractivity contribution in [3.05, 3.63) is 29.8 Å². The molecule has 5 nitrogen and oxygen atoms in total. The van der Waals surface area contributed by atoms with Crippen LogP contribution in [0.5, 0.6) is 0 Å². The van der Waals surface area contributed by atoms with Gasteiger partial charge in [-0.2, -0.15) is 17.0 Å². The van der Waals surface area contributed by atoms with Gasteiger partial charge in [0.25, 0.3) is 0 Å². The molecular weight excluding hydrogens is 284 g/mol. The van der Waals surface area contributed by atoms with Crippen LogP contribution in [-0.2, 0) is 0 Å². The van der Waals surface area contributed by atoms with Crippen LogP contribution < -0.4 is 5.32 Å². The molecule has 0 aliphatic carbocycles. The Morgan fingerprint density at radius 2 is 2.24 bits per heavy atom. The molecule has 21 heavy (non-hydrogen) atoms. The molecule has 1 heterocycles. The summed E-state index contributed by atoms with van der Waals surface area (Å²) in [4.78, 5) is 16.4. The van der Waals surface area contributed by atoms with E-state index < -0.39 is 0 Å². The molecule has 2 amide bonds. The van der Waals surface area contributed by atoms with Gasteiger partial charge < -0.3 is 15.1 Å².